The lowest BCUT2D eigenvalue weighted by molar-refractivity contribution is -0.138. The Labute approximate surface area is 73.1 Å². The van der Waals surface area contributed by atoms with Crippen LogP contribution < -0.4 is 0 Å². The van der Waals surface area contributed by atoms with E-state index in [1.807, 2.05) is 0 Å². The molecule has 1 rings (SSSR count). The third-order valence-electron chi connectivity index (χ3n) is 1.56. The van der Waals surface area contributed by atoms with E-state index in [-0.39, 0.29) is 0 Å². The van der Waals surface area contributed by atoms with Crippen molar-refractivity contribution in [2.45, 2.75) is 6.18 Å². The van der Waals surface area contributed by atoms with Gasteiger partial charge in [-0.3, -0.25) is 0 Å². The van der Waals surface area contributed by atoms with Gasteiger partial charge >= 0.3 is 6.18 Å². The summed E-state index contributed by atoms with van der Waals surface area (Å²) in [4.78, 5) is 0. The normalized spacial score (nSPS) is 11.3. The zero-order chi connectivity index (χ0) is 10.1. The first-order valence-corrected chi connectivity index (χ1v) is 3.48. The van der Waals surface area contributed by atoms with E-state index in [4.69, 9.17) is 5.11 Å². The average Bonchev–Trinajstić information content (AvgIpc) is 2.03. The highest BCUT2D eigenvalue weighted by Gasteiger charge is 2.33. The number of hydrogen-bond donors (Lipinski definition) is 1. The van der Waals surface area contributed by atoms with Crippen molar-refractivity contribution < 1.29 is 18.3 Å². The summed E-state index contributed by atoms with van der Waals surface area (Å²) in [5.74, 6) is -0.766. The Morgan fingerprint density at radius 3 is 2.38 bits per heavy atom. The molecule has 0 aliphatic carbocycles. The molecule has 0 amide bonds. The number of rotatable bonds is 1. The SMILES string of the molecule is C=Cc1ccc(O)c(C(F)(F)F)c1. The molecule has 1 N–H and O–H groups in total. The molecule has 0 unspecified atom stereocenters. The Hall–Kier alpha value is -1.45. The average molecular weight is 188 g/mol. The first-order valence-electron chi connectivity index (χ1n) is 3.48. The Bertz CT molecular complexity index is 328. The van der Waals surface area contributed by atoms with Crippen LogP contribution in [0.5, 0.6) is 5.75 Å². The summed E-state index contributed by atoms with van der Waals surface area (Å²) in [7, 11) is 0. The molecule has 0 fully saturated rings. The molecule has 0 aromatic heterocycles. The largest absolute Gasteiger partial charge is 0.507 e. The molecule has 1 aromatic carbocycles. The quantitative estimate of drug-likeness (QED) is 0.718. The fourth-order valence-corrected chi connectivity index (χ4v) is 0.908. The number of aromatic hydroxyl groups is 1. The van der Waals surface area contributed by atoms with E-state index in [2.05, 4.69) is 6.58 Å². The molecular weight excluding hydrogens is 181 g/mol. The highest BCUT2D eigenvalue weighted by Crippen LogP contribution is 2.36. The second-order valence-corrected chi connectivity index (χ2v) is 2.48. The first kappa shape index (κ1) is 9.64. The van der Waals surface area contributed by atoms with Crippen LogP contribution >= 0.6 is 0 Å². The van der Waals surface area contributed by atoms with Crippen LogP contribution in [0.15, 0.2) is 24.8 Å². The van der Waals surface area contributed by atoms with Crippen molar-refractivity contribution in [1.29, 1.82) is 0 Å². The number of phenolic OH excluding ortho intramolecular Hbond substituents is 1. The number of halogens is 3. The molecular formula is C9H7F3O. The zero-order valence-electron chi connectivity index (χ0n) is 6.60. The van der Waals surface area contributed by atoms with Gasteiger partial charge in [0.05, 0.1) is 5.56 Å². The van der Waals surface area contributed by atoms with Crippen LogP contribution in [0, 0.1) is 0 Å². The van der Waals surface area contributed by atoms with Crippen LogP contribution in [0.4, 0.5) is 13.2 Å². The van der Waals surface area contributed by atoms with Gasteiger partial charge in [-0.2, -0.15) is 13.2 Å². The minimum atomic E-state index is -4.52. The molecule has 0 heterocycles. The van der Waals surface area contributed by atoms with E-state index in [0.717, 1.165) is 12.1 Å². The Morgan fingerprint density at radius 1 is 1.31 bits per heavy atom. The minimum Gasteiger partial charge on any atom is -0.507 e. The predicted molar refractivity (Wildman–Crippen MR) is 43.2 cm³/mol. The summed E-state index contributed by atoms with van der Waals surface area (Å²) in [6.45, 7) is 3.33. The van der Waals surface area contributed by atoms with Gasteiger partial charge in [0.2, 0.25) is 0 Å². The van der Waals surface area contributed by atoms with Crippen LogP contribution in [-0.4, -0.2) is 5.11 Å². The van der Waals surface area contributed by atoms with Crippen molar-refractivity contribution in [2.24, 2.45) is 0 Å². The van der Waals surface area contributed by atoms with Crippen molar-refractivity contribution in [3.63, 3.8) is 0 Å². The van der Waals surface area contributed by atoms with Gasteiger partial charge in [0.1, 0.15) is 5.75 Å². The van der Waals surface area contributed by atoms with E-state index < -0.39 is 17.5 Å². The molecule has 13 heavy (non-hydrogen) atoms. The van der Waals surface area contributed by atoms with Crippen LogP contribution in [-0.2, 0) is 6.18 Å². The maximum absolute atomic E-state index is 12.2. The van der Waals surface area contributed by atoms with Crippen molar-refractivity contribution in [1.82, 2.24) is 0 Å². The van der Waals surface area contributed by atoms with Gasteiger partial charge in [-0.15, -0.1) is 0 Å². The van der Waals surface area contributed by atoms with E-state index in [1.54, 1.807) is 0 Å². The molecule has 1 nitrogen and oxygen atoms in total. The maximum Gasteiger partial charge on any atom is 0.419 e. The van der Waals surface area contributed by atoms with Gasteiger partial charge in [0.15, 0.2) is 0 Å². The summed E-state index contributed by atoms with van der Waals surface area (Å²) in [5, 5.41) is 8.91. The predicted octanol–water partition coefficient (Wildman–Crippen LogP) is 3.05. The van der Waals surface area contributed by atoms with Crippen molar-refractivity contribution in [2.75, 3.05) is 0 Å². The molecule has 0 saturated carbocycles. The fourth-order valence-electron chi connectivity index (χ4n) is 0.908. The molecule has 0 radical (unpaired) electrons. The smallest absolute Gasteiger partial charge is 0.419 e. The lowest BCUT2D eigenvalue weighted by atomic mass is 10.1. The van der Waals surface area contributed by atoms with Crippen LogP contribution in [0.1, 0.15) is 11.1 Å². The topological polar surface area (TPSA) is 20.2 Å². The summed E-state index contributed by atoms with van der Waals surface area (Å²) < 4.78 is 36.5. The number of hydrogen-bond acceptors (Lipinski definition) is 1. The molecule has 70 valence electrons. The Kier molecular flexibility index (Phi) is 2.32. The molecule has 1 aromatic rings. The molecule has 0 atom stereocenters. The second-order valence-electron chi connectivity index (χ2n) is 2.48. The van der Waals surface area contributed by atoms with Crippen molar-refractivity contribution >= 4 is 6.08 Å². The summed E-state index contributed by atoms with van der Waals surface area (Å²) >= 11 is 0. The third kappa shape index (κ3) is 2.02. The van der Waals surface area contributed by atoms with Gasteiger partial charge < -0.3 is 5.11 Å². The van der Waals surface area contributed by atoms with E-state index in [9.17, 15) is 13.2 Å². The molecule has 4 heteroatoms. The first-order chi connectivity index (χ1) is 5.95. The zero-order valence-corrected chi connectivity index (χ0v) is 6.60. The minimum absolute atomic E-state index is 0.324. The van der Waals surface area contributed by atoms with Gasteiger partial charge in [0.25, 0.3) is 0 Å². The summed E-state index contributed by atoms with van der Waals surface area (Å²) in [6.07, 6.45) is -3.24. The number of alkyl halides is 3. The van der Waals surface area contributed by atoms with Gasteiger partial charge in [-0.1, -0.05) is 18.7 Å². The highest BCUT2D eigenvalue weighted by atomic mass is 19.4. The molecule has 0 bridgehead atoms. The third-order valence-corrected chi connectivity index (χ3v) is 1.56. The summed E-state index contributed by atoms with van der Waals surface area (Å²) in [5.41, 5.74) is -0.713. The molecule has 0 spiro atoms. The van der Waals surface area contributed by atoms with E-state index >= 15 is 0 Å². The highest BCUT2D eigenvalue weighted by molar-refractivity contribution is 5.52. The van der Waals surface area contributed by atoms with Crippen LogP contribution in [0.25, 0.3) is 6.08 Å². The monoisotopic (exact) mass is 188 g/mol. The van der Waals surface area contributed by atoms with Crippen molar-refractivity contribution in [3.05, 3.63) is 35.9 Å². The molecule has 0 saturated heterocycles. The standard InChI is InChI=1S/C9H7F3O/c1-2-6-3-4-8(13)7(5-6)9(10,11)12/h2-5,13H,1H2. The van der Waals surface area contributed by atoms with Crippen LogP contribution in [0.3, 0.4) is 0 Å². The fraction of sp³-hybridized carbons (Fsp3) is 0.111. The summed E-state index contributed by atoms with van der Waals surface area (Å²) in [6, 6.07) is 3.21. The van der Waals surface area contributed by atoms with Gasteiger partial charge in [0, 0.05) is 0 Å². The van der Waals surface area contributed by atoms with E-state index in [0.29, 0.717) is 5.56 Å². The molecule has 0 aliphatic heterocycles. The lowest BCUT2D eigenvalue weighted by Gasteiger charge is -2.09. The van der Waals surface area contributed by atoms with Gasteiger partial charge in [-0.25, -0.2) is 0 Å². The van der Waals surface area contributed by atoms with Crippen molar-refractivity contribution in [3.8, 4) is 5.75 Å². The maximum atomic E-state index is 12.2. The Balaban J connectivity index is 3.27. The Morgan fingerprint density at radius 2 is 1.92 bits per heavy atom. The molecule has 0 aliphatic rings. The lowest BCUT2D eigenvalue weighted by Crippen LogP contribution is -2.05. The second kappa shape index (κ2) is 3.12. The van der Waals surface area contributed by atoms with Crippen LogP contribution in [0.2, 0.25) is 0 Å². The number of benzene rings is 1. The van der Waals surface area contributed by atoms with E-state index in [1.165, 1.54) is 12.1 Å². The van der Waals surface area contributed by atoms with Gasteiger partial charge in [-0.05, 0) is 17.7 Å². The number of phenols is 1.